The lowest BCUT2D eigenvalue weighted by molar-refractivity contribution is -0.384. The number of aromatic nitrogens is 2. The number of rotatable bonds is 5. The standard InChI is InChI=1S/C10H18N4O2/c1-7(2)5-8(3)11-10-9(14(15)16)6-13(4)12-10/h6-8H,5H2,1-4H3,(H,11,12). The number of nitrogens with one attached hydrogen (secondary N) is 1. The topological polar surface area (TPSA) is 73.0 Å². The molecule has 0 aromatic carbocycles. The Kier molecular flexibility index (Phi) is 3.87. The summed E-state index contributed by atoms with van der Waals surface area (Å²) in [6.45, 7) is 6.23. The predicted molar refractivity (Wildman–Crippen MR) is 62.4 cm³/mol. The molecule has 6 nitrogen and oxygen atoms in total. The molecule has 1 aromatic heterocycles. The van der Waals surface area contributed by atoms with Crippen molar-refractivity contribution >= 4 is 11.5 Å². The van der Waals surface area contributed by atoms with Gasteiger partial charge >= 0.3 is 5.69 Å². The average molecular weight is 226 g/mol. The molecule has 0 radical (unpaired) electrons. The first-order valence-electron chi connectivity index (χ1n) is 5.34. The van der Waals surface area contributed by atoms with E-state index < -0.39 is 4.92 Å². The van der Waals surface area contributed by atoms with E-state index in [0.717, 1.165) is 6.42 Å². The summed E-state index contributed by atoms with van der Waals surface area (Å²) < 4.78 is 1.45. The smallest absolute Gasteiger partial charge is 0.330 e. The number of hydrogen-bond donors (Lipinski definition) is 1. The second kappa shape index (κ2) is 4.96. The fraction of sp³-hybridized carbons (Fsp3) is 0.700. The Balaban J connectivity index is 2.76. The van der Waals surface area contributed by atoms with Crippen molar-refractivity contribution in [2.45, 2.75) is 33.2 Å². The van der Waals surface area contributed by atoms with E-state index in [1.54, 1.807) is 7.05 Å². The molecular weight excluding hydrogens is 208 g/mol. The van der Waals surface area contributed by atoms with Gasteiger partial charge in [0.25, 0.3) is 0 Å². The predicted octanol–water partition coefficient (Wildman–Crippen LogP) is 2.17. The van der Waals surface area contributed by atoms with Gasteiger partial charge < -0.3 is 5.32 Å². The van der Waals surface area contributed by atoms with E-state index >= 15 is 0 Å². The molecule has 6 heteroatoms. The van der Waals surface area contributed by atoms with Crippen LogP contribution in [-0.2, 0) is 7.05 Å². The molecule has 1 unspecified atom stereocenters. The number of anilines is 1. The van der Waals surface area contributed by atoms with E-state index in [-0.39, 0.29) is 11.7 Å². The maximum Gasteiger partial charge on any atom is 0.330 e. The zero-order chi connectivity index (χ0) is 12.3. The third-order valence-corrected chi connectivity index (χ3v) is 2.21. The number of nitro groups is 1. The van der Waals surface area contributed by atoms with Crippen LogP contribution < -0.4 is 5.32 Å². The molecule has 0 saturated heterocycles. The van der Waals surface area contributed by atoms with Gasteiger partial charge in [0.15, 0.2) is 0 Å². The highest BCUT2D eigenvalue weighted by Crippen LogP contribution is 2.23. The van der Waals surface area contributed by atoms with Gasteiger partial charge in [-0.15, -0.1) is 5.10 Å². The molecule has 0 aliphatic carbocycles. The second-order valence-electron chi connectivity index (χ2n) is 4.47. The van der Waals surface area contributed by atoms with Crippen molar-refractivity contribution in [3.8, 4) is 0 Å². The van der Waals surface area contributed by atoms with Crippen molar-refractivity contribution in [3.63, 3.8) is 0 Å². The average Bonchev–Trinajstić information content (AvgIpc) is 2.44. The molecular formula is C10H18N4O2. The SMILES string of the molecule is CC(C)CC(C)Nc1nn(C)cc1[N+](=O)[O-]. The zero-order valence-corrected chi connectivity index (χ0v) is 10.1. The van der Waals surface area contributed by atoms with Gasteiger partial charge in [-0.1, -0.05) is 13.8 Å². The molecule has 0 saturated carbocycles. The van der Waals surface area contributed by atoms with Gasteiger partial charge in [0.1, 0.15) is 6.20 Å². The van der Waals surface area contributed by atoms with Gasteiger partial charge in [-0.05, 0) is 19.3 Å². The number of aryl methyl sites for hydroxylation is 1. The zero-order valence-electron chi connectivity index (χ0n) is 10.1. The van der Waals surface area contributed by atoms with Crippen LogP contribution in [-0.4, -0.2) is 20.7 Å². The lowest BCUT2D eigenvalue weighted by Gasteiger charge is -2.14. The molecule has 1 N–H and O–H groups in total. The van der Waals surface area contributed by atoms with Crippen LogP contribution in [0.2, 0.25) is 0 Å². The van der Waals surface area contributed by atoms with Crippen LogP contribution in [0.4, 0.5) is 11.5 Å². The second-order valence-corrected chi connectivity index (χ2v) is 4.47. The Labute approximate surface area is 94.8 Å². The van der Waals surface area contributed by atoms with Gasteiger partial charge in [-0.25, -0.2) is 0 Å². The number of hydrogen-bond acceptors (Lipinski definition) is 4. The summed E-state index contributed by atoms with van der Waals surface area (Å²) in [6.07, 6.45) is 2.36. The Morgan fingerprint density at radius 3 is 2.69 bits per heavy atom. The summed E-state index contributed by atoms with van der Waals surface area (Å²) in [6, 6.07) is 0.175. The summed E-state index contributed by atoms with van der Waals surface area (Å²) in [5, 5.41) is 17.9. The van der Waals surface area contributed by atoms with Gasteiger partial charge in [0.05, 0.1) is 4.92 Å². The maximum atomic E-state index is 10.8. The van der Waals surface area contributed by atoms with Crippen LogP contribution in [0.15, 0.2) is 6.20 Å². The Morgan fingerprint density at radius 1 is 1.56 bits per heavy atom. The molecule has 0 bridgehead atoms. The number of nitrogens with zero attached hydrogens (tertiary/aromatic N) is 3. The minimum absolute atomic E-state index is 0.0260. The van der Waals surface area contributed by atoms with E-state index in [2.05, 4.69) is 24.3 Å². The van der Waals surface area contributed by atoms with Gasteiger partial charge in [-0.3, -0.25) is 14.8 Å². The summed E-state index contributed by atoms with van der Waals surface area (Å²) in [5.41, 5.74) is 0.0260. The van der Waals surface area contributed by atoms with Crippen LogP contribution in [0.25, 0.3) is 0 Å². The van der Waals surface area contributed by atoms with E-state index in [1.807, 2.05) is 6.92 Å². The fourth-order valence-electron chi connectivity index (χ4n) is 1.71. The molecule has 0 spiro atoms. The van der Waals surface area contributed by atoms with Crippen molar-refractivity contribution in [2.24, 2.45) is 13.0 Å². The van der Waals surface area contributed by atoms with Crippen LogP contribution in [0.3, 0.4) is 0 Å². The first kappa shape index (κ1) is 12.5. The monoisotopic (exact) mass is 226 g/mol. The Morgan fingerprint density at radius 2 is 2.19 bits per heavy atom. The maximum absolute atomic E-state index is 10.8. The van der Waals surface area contributed by atoms with Crippen LogP contribution in [0, 0.1) is 16.0 Å². The summed E-state index contributed by atoms with van der Waals surface area (Å²) in [4.78, 5) is 10.3. The molecule has 0 aliphatic rings. The minimum atomic E-state index is -0.419. The minimum Gasteiger partial charge on any atom is -0.360 e. The first-order valence-corrected chi connectivity index (χ1v) is 5.34. The molecule has 0 fully saturated rings. The van der Waals surface area contributed by atoms with Crippen molar-refractivity contribution in [2.75, 3.05) is 5.32 Å². The molecule has 1 atom stereocenters. The van der Waals surface area contributed by atoms with Gasteiger partial charge in [-0.2, -0.15) is 0 Å². The van der Waals surface area contributed by atoms with E-state index in [4.69, 9.17) is 0 Å². The largest absolute Gasteiger partial charge is 0.360 e. The van der Waals surface area contributed by atoms with Gasteiger partial charge in [0, 0.05) is 13.1 Å². The summed E-state index contributed by atoms with van der Waals surface area (Å²) >= 11 is 0. The molecule has 16 heavy (non-hydrogen) atoms. The molecule has 1 heterocycles. The Hall–Kier alpha value is -1.59. The van der Waals surface area contributed by atoms with Crippen molar-refractivity contribution < 1.29 is 4.92 Å². The normalized spacial score (nSPS) is 12.8. The lowest BCUT2D eigenvalue weighted by atomic mass is 10.1. The summed E-state index contributed by atoms with van der Waals surface area (Å²) in [5.74, 6) is 0.894. The van der Waals surface area contributed by atoms with Crippen molar-refractivity contribution in [1.29, 1.82) is 0 Å². The highest BCUT2D eigenvalue weighted by molar-refractivity contribution is 5.54. The molecule has 90 valence electrons. The van der Waals surface area contributed by atoms with E-state index in [0.29, 0.717) is 11.7 Å². The molecule has 0 aliphatic heterocycles. The van der Waals surface area contributed by atoms with Gasteiger partial charge in [0.2, 0.25) is 5.82 Å². The van der Waals surface area contributed by atoms with Crippen LogP contribution in [0.1, 0.15) is 27.2 Å². The lowest BCUT2D eigenvalue weighted by Crippen LogP contribution is -2.18. The molecule has 1 rings (SSSR count). The Bertz CT molecular complexity index is 373. The third-order valence-electron chi connectivity index (χ3n) is 2.21. The quantitative estimate of drug-likeness (QED) is 0.617. The van der Waals surface area contributed by atoms with Crippen LogP contribution in [0.5, 0.6) is 0 Å². The first-order chi connectivity index (χ1) is 7.40. The highest BCUT2D eigenvalue weighted by Gasteiger charge is 2.19. The van der Waals surface area contributed by atoms with Crippen molar-refractivity contribution in [3.05, 3.63) is 16.3 Å². The summed E-state index contributed by atoms with van der Waals surface area (Å²) in [7, 11) is 1.67. The third kappa shape index (κ3) is 3.22. The molecule has 1 aromatic rings. The van der Waals surface area contributed by atoms with Crippen molar-refractivity contribution in [1.82, 2.24) is 9.78 Å². The highest BCUT2D eigenvalue weighted by atomic mass is 16.6. The molecule has 0 amide bonds. The van der Waals surface area contributed by atoms with E-state index in [9.17, 15) is 10.1 Å². The van der Waals surface area contributed by atoms with Crippen LogP contribution >= 0.6 is 0 Å². The fourth-order valence-corrected chi connectivity index (χ4v) is 1.71. The van der Waals surface area contributed by atoms with E-state index in [1.165, 1.54) is 10.9 Å².